The minimum atomic E-state index is -0.394. The van der Waals surface area contributed by atoms with E-state index in [1.807, 2.05) is 27.7 Å². The SMILES string of the molecule is CC1(C)CN(C(=O)c2cc(I)ccc2O)CC(C)(C)O1. The number of hydrogen-bond donors (Lipinski definition) is 1. The Bertz CT molecular complexity index is 524. The van der Waals surface area contributed by atoms with Crippen LogP contribution in [-0.4, -0.2) is 40.2 Å². The maximum atomic E-state index is 12.7. The number of carbonyl (C=O) groups is 1. The monoisotopic (exact) mass is 389 g/mol. The van der Waals surface area contributed by atoms with Gasteiger partial charge >= 0.3 is 0 Å². The number of nitrogens with zero attached hydrogens (tertiary/aromatic N) is 1. The maximum Gasteiger partial charge on any atom is 0.257 e. The Kier molecular flexibility index (Phi) is 4.03. The molecule has 110 valence electrons. The fraction of sp³-hybridized carbons (Fsp3) is 0.533. The Balaban J connectivity index is 2.31. The summed E-state index contributed by atoms with van der Waals surface area (Å²) in [6.45, 7) is 8.93. The second kappa shape index (κ2) is 5.18. The van der Waals surface area contributed by atoms with E-state index in [0.717, 1.165) is 3.57 Å². The van der Waals surface area contributed by atoms with E-state index in [9.17, 15) is 9.90 Å². The van der Waals surface area contributed by atoms with Crippen molar-refractivity contribution in [3.8, 4) is 5.75 Å². The number of morpholine rings is 1. The topological polar surface area (TPSA) is 49.8 Å². The minimum Gasteiger partial charge on any atom is -0.507 e. The van der Waals surface area contributed by atoms with Gasteiger partial charge < -0.3 is 14.7 Å². The highest BCUT2D eigenvalue weighted by Crippen LogP contribution is 2.30. The first kappa shape index (κ1) is 15.6. The highest BCUT2D eigenvalue weighted by Gasteiger charge is 2.40. The van der Waals surface area contributed by atoms with Crippen molar-refractivity contribution in [3.05, 3.63) is 27.3 Å². The summed E-state index contributed by atoms with van der Waals surface area (Å²) >= 11 is 2.13. The summed E-state index contributed by atoms with van der Waals surface area (Å²) in [4.78, 5) is 14.4. The summed E-state index contributed by atoms with van der Waals surface area (Å²) < 4.78 is 6.90. The normalized spacial score (nSPS) is 20.8. The summed E-state index contributed by atoms with van der Waals surface area (Å²) in [7, 11) is 0. The van der Waals surface area contributed by atoms with E-state index in [1.54, 1.807) is 23.1 Å². The lowest BCUT2D eigenvalue weighted by Gasteiger charge is -2.47. The molecule has 0 unspecified atom stereocenters. The van der Waals surface area contributed by atoms with Gasteiger partial charge in [-0.3, -0.25) is 4.79 Å². The van der Waals surface area contributed by atoms with Crippen LogP contribution >= 0.6 is 22.6 Å². The molecule has 1 heterocycles. The number of aromatic hydroxyl groups is 1. The van der Waals surface area contributed by atoms with Crippen LogP contribution in [0.3, 0.4) is 0 Å². The second-order valence-electron chi connectivity index (χ2n) is 6.44. The van der Waals surface area contributed by atoms with E-state index < -0.39 is 11.2 Å². The summed E-state index contributed by atoms with van der Waals surface area (Å²) in [5, 5.41) is 9.91. The Labute approximate surface area is 133 Å². The van der Waals surface area contributed by atoms with Crippen molar-refractivity contribution in [1.82, 2.24) is 4.90 Å². The standard InChI is InChI=1S/C15H20INO3/c1-14(2)8-17(9-15(3,4)20-14)13(19)11-7-10(16)5-6-12(11)18/h5-7,18H,8-9H2,1-4H3. The van der Waals surface area contributed by atoms with Gasteiger partial charge in [0.05, 0.1) is 16.8 Å². The molecule has 1 aromatic carbocycles. The molecule has 0 saturated carbocycles. The van der Waals surface area contributed by atoms with E-state index in [4.69, 9.17) is 4.74 Å². The lowest BCUT2D eigenvalue weighted by Crippen LogP contribution is -2.58. The Morgan fingerprint density at radius 1 is 1.25 bits per heavy atom. The van der Waals surface area contributed by atoms with Gasteiger partial charge in [0.1, 0.15) is 5.75 Å². The van der Waals surface area contributed by atoms with E-state index in [1.165, 1.54) is 0 Å². The molecule has 4 nitrogen and oxygen atoms in total. The quantitative estimate of drug-likeness (QED) is 0.752. The molecule has 1 saturated heterocycles. The summed E-state index contributed by atoms with van der Waals surface area (Å²) in [5.41, 5.74) is -0.436. The van der Waals surface area contributed by atoms with Gasteiger partial charge in [-0.2, -0.15) is 0 Å². The predicted octanol–water partition coefficient (Wildman–Crippen LogP) is 3.03. The van der Waals surface area contributed by atoms with Gasteiger partial charge in [0, 0.05) is 16.7 Å². The molecule has 1 N–H and O–H groups in total. The van der Waals surface area contributed by atoms with Crippen molar-refractivity contribution in [2.24, 2.45) is 0 Å². The van der Waals surface area contributed by atoms with Crippen LogP contribution < -0.4 is 0 Å². The van der Waals surface area contributed by atoms with Crippen molar-refractivity contribution < 1.29 is 14.6 Å². The van der Waals surface area contributed by atoms with E-state index in [0.29, 0.717) is 18.7 Å². The van der Waals surface area contributed by atoms with Crippen LogP contribution in [0.4, 0.5) is 0 Å². The van der Waals surface area contributed by atoms with Crippen LogP contribution in [0.25, 0.3) is 0 Å². The number of phenolic OH excluding ortho intramolecular Hbond substituents is 1. The fourth-order valence-electron chi connectivity index (χ4n) is 2.78. The highest BCUT2D eigenvalue weighted by molar-refractivity contribution is 14.1. The molecule has 1 amide bonds. The molecule has 0 aromatic heterocycles. The average Bonchev–Trinajstić information content (AvgIpc) is 2.27. The number of benzene rings is 1. The van der Waals surface area contributed by atoms with E-state index in [2.05, 4.69) is 22.6 Å². The largest absolute Gasteiger partial charge is 0.507 e. The predicted molar refractivity (Wildman–Crippen MR) is 86.0 cm³/mol. The molecule has 1 aliphatic heterocycles. The van der Waals surface area contributed by atoms with E-state index in [-0.39, 0.29) is 11.7 Å². The van der Waals surface area contributed by atoms with Crippen molar-refractivity contribution in [1.29, 1.82) is 0 Å². The van der Waals surface area contributed by atoms with Gasteiger partial charge in [-0.05, 0) is 68.5 Å². The molecule has 2 rings (SSSR count). The van der Waals surface area contributed by atoms with Crippen LogP contribution in [-0.2, 0) is 4.74 Å². The van der Waals surface area contributed by atoms with Crippen molar-refractivity contribution in [2.45, 2.75) is 38.9 Å². The van der Waals surface area contributed by atoms with Gasteiger partial charge in [0.2, 0.25) is 0 Å². The van der Waals surface area contributed by atoms with Gasteiger partial charge in [0.25, 0.3) is 5.91 Å². The van der Waals surface area contributed by atoms with Gasteiger partial charge in [-0.25, -0.2) is 0 Å². The van der Waals surface area contributed by atoms with Gasteiger partial charge in [-0.1, -0.05) is 0 Å². The van der Waals surface area contributed by atoms with Crippen LogP contribution in [0.15, 0.2) is 18.2 Å². The fourth-order valence-corrected chi connectivity index (χ4v) is 3.27. The van der Waals surface area contributed by atoms with Crippen LogP contribution in [0.1, 0.15) is 38.1 Å². The molecule has 5 heteroatoms. The number of amides is 1. The zero-order valence-electron chi connectivity index (χ0n) is 12.2. The molecule has 0 spiro atoms. The minimum absolute atomic E-state index is 0.0255. The number of ether oxygens (including phenoxy) is 1. The second-order valence-corrected chi connectivity index (χ2v) is 7.69. The smallest absolute Gasteiger partial charge is 0.257 e. The third-order valence-electron chi connectivity index (χ3n) is 3.17. The van der Waals surface area contributed by atoms with Crippen LogP contribution in [0.2, 0.25) is 0 Å². The van der Waals surface area contributed by atoms with Gasteiger partial charge in [0.15, 0.2) is 0 Å². The third-order valence-corrected chi connectivity index (χ3v) is 3.84. The molecule has 1 aliphatic rings. The van der Waals surface area contributed by atoms with Crippen molar-refractivity contribution in [3.63, 3.8) is 0 Å². The molecular weight excluding hydrogens is 369 g/mol. The summed E-state index contributed by atoms with van der Waals surface area (Å²) in [5.74, 6) is -0.122. The zero-order valence-corrected chi connectivity index (χ0v) is 14.4. The molecular formula is C15H20INO3. The maximum absolute atomic E-state index is 12.7. The first-order valence-corrected chi connectivity index (χ1v) is 7.65. The average molecular weight is 389 g/mol. The molecule has 0 radical (unpaired) electrons. The number of phenols is 1. The lowest BCUT2D eigenvalue weighted by atomic mass is 9.98. The van der Waals surface area contributed by atoms with Crippen LogP contribution in [0.5, 0.6) is 5.75 Å². The molecule has 1 aromatic rings. The number of halogens is 1. The molecule has 20 heavy (non-hydrogen) atoms. The van der Waals surface area contributed by atoms with Crippen molar-refractivity contribution >= 4 is 28.5 Å². The summed E-state index contributed by atoms with van der Waals surface area (Å²) in [6, 6.07) is 5.05. The molecule has 0 bridgehead atoms. The van der Waals surface area contributed by atoms with Gasteiger partial charge in [-0.15, -0.1) is 0 Å². The lowest BCUT2D eigenvalue weighted by molar-refractivity contribution is -0.171. The molecule has 0 atom stereocenters. The Hall–Kier alpha value is -0.820. The first-order valence-electron chi connectivity index (χ1n) is 6.58. The number of hydrogen-bond acceptors (Lipinski definition) is 3. The number of rotatable bonds is 1. The Morgan fingerprint density at radius 2 is 1.80 bits per heavy atom. The number of carbonyl (C=O) groups excluding carboxylic acids is 1. The Morgan fingerprint density at radius 3 is 2.35 bits per heavy atom. The van der Waals surface area contributed by atoms with E-state index >= 15 is 0 Å². The third kappa shape index (κ3) is 3.44. The molecule has 1 fully saturated rings. The zero-order chi connectivity index (χ0) is 15.1. The van der Waals surface area contributed by atoms with Crippen LogP contribution in [0, 0.1) is 3.57 Å². The molecule has 0 aliphatic carbocycles. The highest BCUT2D eigenvalue weighted by atomic mass is 127. The van der Waals surface area contributed by atoms with Crippen molar-refractivity contribution in [2.75, 3.05) is 13.1 Å². The first-order chi connectivity index (χ1) is 9.10. The summed E-state index contributed by atoms with van der Waals surface area (Å²) in [6.07, 6.45) is 0.